The van der Waals surface area contributed by atoms with Gasteiger partial charge in [0.25, 0.3) is 0 Å². The molecule has 2 aromatic heterocycles. The molecular formula is C12H16N4S. The van der Waals surface area contributed by atoms with E-state index in [1.54, 1.807) is 23.6 Å². The molecule has 2 heterocycles. The molecule has 2 N–H and O–H groups in total. The van der Waals surface area contributed by atoms with Crippen molar-refractivity contribution in [3.8, 4) is 0 Å². The molecule has 0 aliphatic carbocycles. The van der Waals surface area contributed by atoms with E-state index in [2.05, 4.69) is 46.2 Å². The minimum Gasteiger partial charge on any atom is -0.384 e. The van der Waals surface area contributed by atoms with Crippen molar-refractivity contribution in [3.63, 3.8) is 0 Å². The van der Waals surface area contributed by atoms with Gasteiger partial charge in [0, 0.05) is 17.1 Å². The molecule has 0 bridgehead atoms. The molecule has 2 rings (SSSR count). The van der Waals surface area contributed by atoms with Gasteiger partial charge in [-0.1, -0.05) is 6.07 Å². The first-order chi connectivity index (χ1) is 8.16. The zero-order valence-corrected chi connectivity index (χ0v) is 10.8. The molecule has 0 aliphatic rings. The smallest absolute Gasteiger partial charge is 0.227 e. The summed E-state index contributed by atoms with van der Waals surface area (Å²) >= 11 is 1.74. The molecule has 0 spiro atoms. The summed E-state index contributed by atoms with van der Waals surface area (Å²) in [5.74, 6) is 1.19. The van der Waals surface area contributed by atoms with Gasteiger partial charge in [0.15, 0.2) is 0 Å². The lowest BCUT2D eigenvalue weighted by molar-refractivity contribution is 0.665. The molecule has 0 radical (unpaired) electrons. The van der Waals surface area contributed by atoms with Crippen molar-refractivity contribution in [2.45, 2.75) is 26.4 Å². The van der Waals surface area contributed by atoms with Gasteiger partial charge in [-0.3, -0.25) is 0 Å². The molecule has 5 heteroatoms. The van der Waals surface area contributed by atoms with Crippen LogP contribution in [-0.4, -0.2) is 16.0 Å². The zero-order chi connectivity index (χ0) is 12.3. The van der Waals surface area contributed by atoms with E-state index in [1.807, 2.05) is 0 Å². The fourth-order valence-electron chi connectivity index (χ4n) is 1.55. The lowest BCUT2D eigenvalue weighted by Crippen LogP contribution is -2.31. The Bertz CT molecular complexity index is 467. The molecule has 0 unspecified atom stereocenters. The van der Waals surface area contributed by atoms with Crippen molar-refractivity contribution in [2.75, 3.05) is 10.6 Å². The molecule has 0 fully saturated rings. The standard InChI is InChI=1S/C12H16N4S/c1-9(2)16(8-10-4-3-7-17-10)12-14-6-5-11(13)15-12/h3-7,9H,8H2,1-2H3,(H2,13,14,15). The van der Waals surface area contributed by atoms with Gasteiger partial charge >= 0.3 is 0 Å². The predicted octanol–water partition coefficient (Wildman–Crippen LogP) is 2.54. The van der Waals surface area contributed by atoms with Crippen molar-refractivity contribution >= 4 is 23.1 Å². The Hall–Kier alpha value is -1.62. The maximum atomic E-state index is 5.69. The number of hydrogen-bond donors (Lipinski definition) is 1. The molecule has 0 saturated heterocycles. The molecule has 0 amide bonds. The third kappa shape index (κ3) is 2.94. The maximum Gasteiger partial charge on any atom is 0.227 e. The van der Waals surface area contributed by atoms with Crippen molar-refractivity contribution < 1.29 is 0 Å². The van der Waals surface area contributed by atoms with Crippen LogP contribution >= 0.6 is 11.3 Å². The van der Waals surface area contributed by atoms with Gasteiger partial charge in [-0.25, -0.2) is 4.98 Å². The Morgan fingerprint density at radius 1 is 1.41 bits per heavy atom. The summed E-state index contributed by atoms with van der Waals surface area (Å²) in [5, 5.41) is 2.08. The van der Waals surface area contributed by atoms with Gasteiger partial charge in [-0.15, -0.1) is 11.3 Å². The summed E-state index contributed by atoms with van der Waals surface area (Å²) in [6.07, 6.45) is 1.70. The summed E-state index contributed by atoms with van der Waals surface area (Å²) < 4.78 is 0. The Labute approximate surface area is 105 Å². The second kappa shape index (κ2) is 5.14. The molecule has 90 valence electrons. The topological polar surface area (TPSA) is 55.0 Å². The van der Waals surface area contributed by atoms with Crippen LogP contribution in [0.15, 0.2) is 29.8 Å². The minimum atomic E-state index is 0.332. The first-order valence-corrected chi connectivity index (χ1v) is 6.42. The summed E-state index contributed by atoms with van der Waals surface area (Å²) in [6.45, 7) is 5.07. The van der Waals surface area contributed by atoms with Crippen LogP contribution in [0.5, 0.6) is 0 Å². The number of nitrogens with zero attached hydrogens (tertiary/aromatic N) is 3. The number of rotatable bonds is 4. The predicted molar refractivity (Wildman–Crippen MR) is 72.1 cm³/mol. The Morgan fingerprint density at radius 2 is 2.24 bits per heavy atom. The average molecular weight is 248 g/mol. The van der Waals surface area contributed by atoms with Crippen LogP contribution in [0.1, 0.15) is 18.7 Å². The van der Waals surface area contributed by atoms with E-state index in [0.29, 0.717) is 17.8 Å². The van der Waals surface area contributed by atoms with E-state index in [9.17, 15) is 0 Å². The molecular weight excluding hydrogens is 232 g/mol. The minimum absolute atomic E-state index is 0.332. The number of nitrogens with two attached hydrogens (primary N) is 1. The van der Waals surface area contributed by atoms with E-state index >= 15 is 0 Å². The number of anilines is 2. The highest BCUT2D eigenvalue weighted by atomic mass is 32.1. The largest absolute Gasteiger partial charge is 0.384 e. The Morgan fingerprint density at radius 3 is 2.82 bits per heavy atom. The van der Waals surface area contributed by atoms with Gasteiger partial charge in [0.2, 0.25) is 5.95 Å². The van der Waals surface area contributed by atoms with Crippen molar-refractivity contribution in [2.24, 2.45) is 0 Å². The number of aromatic nitrogens is 2. The second-order valence-corrected chi connectivity index (χ2v) is 5.11. The third-order valence-corrected chi connectivity index (χ3v) is 3.31. The quantitative estimate of drug-likeness (QED) is 0.903. The number of nitrogen functional groups attached to an aromatic ring is 1. The van der Waals surface area contributed by atoms with Crippen molar-refractivity contribution in [1.29, 1.82) is 0 Å². The van der Waals surface area contributed by atoms with Gasteiger partial charge in [-0.05, 0) is 31.4 Å². The first-order valence-electron chi connectivity index (χ1n) is 5.54. The fourth-order valence-corrected chi connectivity index (χ4v) is 2.26. The van der Waals surface area contributed by atoms with Crippen LogP contribution in [0.3, 0.4) is 0 Å². The van der Waals surface area contributed by atoms with Crippen LogP contribution in [0.4, 0.5) is 11.8 Å². The Kier molecular flexibility index (Phi) is 3.58. The van der Waals surface area contributed by atoms with Crippen LogP contribution < -0.4 is 10.6 Å². The maximum absolute atomic E-state index is 5.69. The van der Waals surface area contributed by atoms with Gasteiger partial charge in [0.1, 0.15) is 5.82 Å². The zero-order valence-electron chi connectivity index (χ0n) is 10.00. The lowest BCUT2D eigenvalue weighted by Gasteiger charge is -2.26. The summed E-state index contributed by atoms with van der Waals surface area (Å²) in [4.78, 5) is 12.0. The van der Waals surface area contributed by atoms with Crippen molar-refractivity contribution in [3.05, 3.63) is 34.7 Å². The second-order valence-electron chi connectivity index (χ2n) is 4.08. The van der Waals surface area contributed by atoms with E-state index < -0.39 is 0 Å². The average Bonchev–Trinajstić information content (AvgIpc) is 2.78. The van der Waals surface area contributed by atoms with Crippen LogP contribution in [-0.2, 0) is 6.54 Å². The number of thiophene rings is 1. The van der Waals surface area contributed by atoms with Crippen LogP contribution in [0.2, 0.25) is 0 Å². The molecule has 17 heavy (non-hydrogen) atoms. The summed E-state index contributed by atoms with van der Waals surface area (Å²) in [6, 6.07) is 6.21. The van der Waals surface area contributed by atoms with Crippen LogP contribution in [0.25, 0.3) is 0 Å². The van der Waals surface area contributed by atoms with E-state index in [4.69, 9.17) is 5.73 Å². The molecule has 0 aliphatic heterocycles. The SMILES string of the molecule is CC(C)N(Cc1cccs1)c1nccc(N)n1. The lowest BCUT2D eigenvalue weighted by atomic mass is 10.3. The molecule has 0 aromatic carbocycles. The highest BCUT2D eigenvalue weighted by Gasteiger charge is 2.14. The van der Waals surface area contributed by atoms with E-state index in [-0.39, 0.29) is 0 Å². The Balaban J connectivity index is 2.23. The normalized spacial score (nSPS) is 10.8. The summed E-state index contributed by atoms with van der Waals surface area (Å²) in [5.41, 5.74) is 5.69. The highest BCUT2D eigenvalue weighted by molar-refractivity contribution is 7.09. The van der Waals surface area contributed by atoms with Crippen LogP contribution in [0, 0.1) is 0 Å². The monoisotopic (exact) mass is 248 g/mol. The third-order valence-electron chi connectivity index (χ3n) is 2.45. The first kappa shape index (κ1) is 11.9. The molecule has 4 nitrogen and oxygen atoms in total. The molecule has 2 aromatic rings. The van der Waals surface area contributed by atoms with Gasteiger partial charge in [-0.2, -0.15) is 4.98 Å². The molecule has 0 atom stereocenters. The fraction of sp³-hybridized carbons (Fsp3) is 0.333. The summed E-state index contributed by atoms with van der Waals surface area (Å²) in [7, 11) is 0. The van der Waals surface area contributed by atoms with E-state index in [0.717, 1.165) is 6.54 Å². The molecule has 0 saturated carbocycles. The van der Waals surface area contributed by atoms with Gasteiger partial charge < -0.3 is 10.6 Å². The van der Waals surface area contributed by atoms with Gasteiger partial charge in [0.05, 0.1) is 6.54 Å². The highest BCUT2D eigenvalue weighted by Crippen LogP contribution is 2.18. The number of hydrogen-bond acceptors (Lipinski definition) is 5. The van der Waals surface area contributed by atoms with E-state index in [1.165, 1.54) is 4.88 Å². The van der Waals surface area contributed by atoms with Crippen molar-refractivity contribution in [1.82, 2.24) is 9.97 Å².